The van der Waals surface area contributed by atoms with Crippen molar-refractivity contribution in [1.29, 1.82) is 0 Å². The van der Waals surface area contributed by atoms with Crippen LogP contribution in [0.2, 0.25) is 0 Å². The molecule has 1 aromatic heterocycles. The highest BCUT2D eigenvalue weighted by Gasteiger charge is 2.17. The highest BCUT2D eigenvalue weighted by Crippen LogP contribution is 2.30. The van der Waals surface area contributed by atoms with E-state index in [4.69, 9.17) is 9.15 Å². The highest BCUT2D eigenvalue weighted by molar-refractivity contribution is 5.97. The number of benzene rings is 2. The van der Waals surface area contributed by atoms with E-state index in [1.165, 1.54) is 12.3 Å². The predicted molar refractivity (Wildman–Crippen MR) is 99.4 cm³/mol. The number of carbonyl (C=O) groups is 2. The normalized spacial score (nSPS) is 12.7. The van der Waals surface area contributed by atoms with Gasteiger partial charge in [-0.3, -0.25) is 9.59 Å². The van der Waals surface area contributed by atoms with E-state index in [-0.39, 0.29) is 31.3 Å². The van der Waals surface area contributed by atoms with E-state index in [0.29, 0.717) is 34.3 Å². The molecule has 0 atom stereocenters. The van der Waals surface area contributed by atoms with Crippen LogP contribution in [0, 0.1) is 5.82 Å². The van der Waals surface area contributed by atoms with E-state index in [9.17, 15) is 14.0 Å². The van der Waals surface area contributed by atoms with Gasteiger partial charge in [0.15, 0.2) is 18.3 Å². The summed E-state index contributed by atoms with van der Waals surface area (Å²) in [6, 6.07) is 11.3. The Morgan fingerprint density at radius 2 is 2.11 bits per heavy atom. The Kier molecular flexibility index (Phi) is 4.76. The van der Waals surface area contributed by atoms with E-state index < -0.39 is 5.82 Å². The number of hydrogen-bond donors (Lipinski definition) is 2. The molecular weight excluding hydrogens is 365 g/mol. The maximum absolute atomic E-state index is 13.8. The van der Waals surface area contributed by atoms with Gasteiger partial charge in [-0.05, 0) is 30.3 Å². The molecule has 0 aliphatic carbocycles. The van der Waals surface area contributed by atoms with Gasteiger partial charge in [-0.15, -0.1) is 0 Å². The summed E-state index contributed by atoms with van der Waals surface area (Å²) in [6.07, 6.45) is 1.85. The fourth-order valence-electron chi connectivity index (χ4n) is 2.82. The first-order valence-corrected chi connectivity index (χ1v) is 8.64. The van der Waals surface area contributed by atoms with Crippen LogP contribution in [0.4, 0.5) is 15.8 Å². The van der Waals surface area contributed by atoms with Gasteiger partial charge in [0.05, 0.1) is 17.4 Å². The lowest BCUT2D eigenvalue weighted by Gasteiger charge is -2.18. The predicted octanol–water partition coefficient (Wildman–Crippen LogP) is 3.38. The van der Waals surface area contributed by atoms with Crippen molar-refractivity contribution in [3.05, 3.63) is 60.4 Å². The molecule has 7 nitrogen and oxygen atoms in total. The first-order chi connectivity index (χ1) is 13.6. The van der Waals surface area contributed by atoms with Crippen LogP contribution >= 0.6 is 0 Å². The quantitative estimate of drug-likeness (QED) is 0.707. The molecule has 1 aliphatic rings. The van der Waals surface area contributed by atoms with Gasteiger partial charge in [0.1, 0.15) is 11.6 Å². The molecule has 0 bridgehead atoms. The highest BCUT2D eigenvalue weighted by atomic mass is 19.1. The van der Waals surface area contributed by atoms with Crippen LogP contribution in [0.3, 0.4) is 0 Å². The molecule has 2 heterocycles. The molecule has 3 aromatic rings. The zero-order chi connectivity index (χ0) is 19.5. The van der Waals surface area contributed by atoms with Crippen LogP contribution in [0.1, 0.15) is 12.3 Å². The van der Waals surface area contributed by atoms with Gasteiger partial charge in [0.25, 0.3) is 5.91 Å². The molecule has 0 spiro atoms. The summed E-state index contributed by atoms with van der Waals surface area (Å²) in [7, 11) is 0. The number of oxazole rings is 1. The largest absolute Gasteiger partial charge is 0.482 e. The fraction of sp³-hybridized carbons (Fsp3) is 0.150. The van der Waals surface area contributed by atoms with Gasteiger partial charge in [-0.2, -0.15) is 0 Å². The molecule has 0 fully saturated rings. The van der Waals surface area contributed by atoms with Crippen molar-refractivity contribution >= 4 is 23.2 Å². The average Bonchev–Trinajstić information content (AvgIpc) is 3.15. The van der Waals surface area contributed by atoms with Gasteiger partial charge in [0.2, 0.25) is 5.91 Å². The molecular formula is C20H16FN3O4. The SMILES string of the molecule is O=C(CCc1ncc(-c2ccccc2F)o1)Nc1ccc2c(c1)NC(=O)CO2. The Bertz CT molecular complexity index is 1050. The summed E-state index contributed by atoms with van der Waals surface area (Å²) in [5, 5.41) is 5.43. The van der Waals surface area contributed by atoms with Crippen molar-refractivity contribution in [2.75, 3.05) is 17.2 Å². The molecule has 28 heavy (non-hydrogen) atoms. The summed E-state index contributed by atoms with van der Waals surface area (Å²) >= 11 is 0. The Morgan fingerprint density at radius 3 is 2.96 bits per heavy atom. The second-order valence-corrected chi connectivity index (χ2v) is 6.19. The number of rotatable bonds is 5. The topological polar surface area (TPSA) is 93.5 Å². The number of halogens is 1. The third-order valence-electron chi connectivity index (χ3n) is 4.15. The molecule has 2 aromatic carbocycles. The minimum absolute atomic E-state index is 0.0241. The van der Waals surface area contributed by atoms with Crippen LogP contribution < -0.4 is 15.4 Å². The maximum Gasteiger partial charge on any atom is 0.262 e. The second-order valence-electron chi connectivity index (χ2n) is 6.19. The van der Waals surface area contributed by atoms with Crippen LogP contribution in [0.15, 0.2) is 53.1 Å². The van der Waals surface area contributed by atoms with Crippen molar-refractivity contribution in [1.82, 2.24) is 4.98 Å². The molecule has 2 N–H and O–H groups in total. The second kappa shape index (κ2) is 7.51. The Balaban J connectivity index is 1.36. The Labute approximate surface area is 159 Å². The van der Waals surface area contributed by atoms with Crippen molar-refractivity contribution < 1.29 is 23.1 Å². The van der Waals surface area contributed by atoms with Crippen molar-refractivity contribution in [2.45, 2.75) is 12.8 Å². The molecule has 0 unspecified atom stereocenters. The number of nitrogens with one attached hydrogen (secondary N) is 2. The third-order valence-corrected chi connectivity index (χ3v) is 4.15. The fourth-order valence-corrected chi connectivity index (χ4v) is 2.82. The standard InChI is InChI=1S/C20H16FN3O4/c21-14-4-2-1-3-13(14)17-10-22-20(28-17)8-7-18(25)23-12-5-6-16-15(9-12)24-19(26)11-27-16/h1-6,9-10H,7-8,11H2,(H,23,25)(H,24,26). The first-order valence-electron chi connectivity index (χ1n) is 8.64. The molecule has 1 aliphatic heterocycles. The van der Waals surface area contributed by atoms with Gasteiger partial charge >= 0.3 is 0 Å². The minimum Gasteiger partial charge on any atom is -0.482 e. The Hall–Kier alpha value is -3.68. The van der Waals surface area contributed by atoms with Gasteiger partial charge < -0.3 is 19.8 Å². The van der Waals surface area contributed by atoms with E-state index in [1.807, 2.05) is 0 Å². The molecule has 8 heteroatoms. The maximum atomic E-state index is 13.8. The molecule has 0 saturated carbocycles. The molecule has 142 valence electrons. The van der Waals surface area contributed by atoms with Gasteiger partial charge in [0, 0.05) is 18.5 Å². The van der Waals surface area contributed by atoms with E-state index in [1.54, 1.807) is 36.4 Å². The van der Waals surface area contributed by atoms with Crippen molar-refractivity contribution in [2.24, 2.45) is 0 Å². The summed E-state index contributed by atoms with van der Waals surface area (Å²) in [6.45, 7) is -0.0241. The molecule has 0 radical (unpaired) electrons. The minimum atomic E-state index is -0.397. The van der Waals surface area contributed by atoms with Crippen molar-refractivity contribution in [3.63, 3.8) is 0 Å². The zero-order valence-corrected chi connectivity index (χ0v) is 14.7. The molecule has 0 saturated heterocycles. The number of ether oxygens (including phenoxy) is 1. The summed E-state index contributed by atoms with van der Waals surface area (Å²) in [5.41, 5.74) is 1.37. The zero-order valence-electron chi connectivity index (χ0n) is 14.7. The lowest BCUT2D eigenvalue weighted by molar-refractivity contribution is -0.118. The number of nitrogens with zero attached hydrogens (tertiary/aromatic N) is 1. The summed E-state index contributed by atoms with van der Waals surface area (Å²) in [5.74, 6) is 0.335. The van der Waals surface area contributed by atoms with E-state index in [2.05, 4.69) is 15.6 Å². The number of amides is 2. The smallest absolute Gasteiger partial charge is 0.262 e. The first kappa shape index (κ1) is 17.7. The van der Waals surface area contributed by atoms with Crippen LogP contribution in [0.5, 0.6) is 5.75 Å². The number of aryl methyl sites for hydroxylation is 1. The summed E-state index contributed by atoms with van der Waals surface area (Å²) in [4.78, 5) is 27.7. The Morgan fingerprint density at radius 1 is 1.25 bits per heavy atom. The molecule has 2 amide bonds. The van der Waals surface area contributed by atoms with E-state index >= 15 is 0 Å². The number of aromatic nitrogens is 1. The number of carbonyl (C=O) groups excluding carboxylic acids is 2. The van der Waals surface area contributed by atoms with Crippen LogP contribution in [-0.2, 0) is 16.0 Å². The number of hydrogen-bond acceptors (Lipinski definition) is 5. The summed E-state index contributed by atoms with van der Waals surface area (Å²) < 4.78 is 24.6. The number of fused-ring (bicyclic) bond motifs is 1. The van der Waals surface area contributed by atoms with Gasteiger partial charge in [-0.1, -0.05) is 12.1 Å². The molecule has 4 rings (SSSR count). The average molecular weight is 381 g/mol. The lowest BCUT2D eigenvalue weighted by atomic mass is 10.2. The third kappa shape index (κ3) is 3.85. The number of anilines is 2. The van der Waals surface area contributed by atoms with Crippen molar-refractivity contribution in [3.8, 4) is 17.1 Å². The lowest BCUT2D eigenvalue weighted by Crippen LogP contribution is -2.25. The van der Waals surface area contributed by atoms with E-state index in [0.717, 1.165) is 0 Å². The van der Waals surface area contributed by atoms with Gasteiger partial charge in [-0.25, -0.2) is 9.37 Å². The van der Waals surface area contributed by atoms with Crippen LogP contribution in [-0.4, -0.2) is 23.4 Å². The van der Waals surface area contributed by atoms with Crippen LogP contribution in [0.25, 0.3) is 11.3 Å². The monoisotopic (exact) mass is 381 g/mol.